The molecule has 0 amide bonds. The number of hydrogen-bond donors (Lipinski definition) is 0. The second kappa shape index (κ2) is 5.02. The van der Waals surface area contributed by atoms with Gasteiger partial charge in [0.25, 0.3) is 0 Å². The van der Waals surface area contributed by atoms with E-state index in [1.54, 1.807) is 6.20 Å². The van der Waals surface area contributed by atoms with Gasteiger partial charge in [-0.15, -0.1) is 0 Å². The van der Waals surface area contributed by atoms with E-state index < -0.39 is 0 Å². The topological polar surface area (TPSA) is 25.8 Å². The van der Waals surface area contributed by atoms with E-state index in [1.807, 2.05) is 36.8 Å². The minimum absolute atomic E-state index is 1.14. The van der Waals surface area contributed by atoms with Gasteiger partial charge in [-0.3, -0.25) is 9.97 Å². The van der Waals surface area contributed by atoms with Crippen molar-refractivity contribution in [2.75, 3.05) is 0 Å². The summed E-state index contributed by atoms with van der Waals surface area (Å²) in [5.41, 5.74) is 6.02. The molecule has 3 aromatic rings. The molecule has 0 N–H and O–H groups in total. The van der Waals surface area contributed by atoms with Crippen LogP contribution in [-0.2, 0) is 0 Å². The van der Waals surface area contributed by atoms with Crippen molar-refractivity contribution in [1.82, 2.24) is 9.97 Å². The van der Waals surface area contributed by atoms with E-state index in [0.29, 0.717) is 0 Å². The van der Waals surface area contributed by atoms with Crippen LogP contribution >= 0.6 is 0 Å². The molecule has 2 aromatic heterocycles. The van der Waals surface area contributed by atoms with Gasteiger partial charge in [0.2, 0.25) is 0 Å². The highest BCUT2D eigenvalue weighted by atomic mass is 14.6. The van der Waals surface area contributed by atoms with Gasteiger partial charge < -0.3 is 0 Å². The standard InChI is InChI=1S/C17H14N2/c1-13-4-5-15(16-3-2-8-19-12-16)11-17(13)14-6-9-18-10-7-14/h2-12H,1H3. The molecule has 3 rings (SSSR count). The summed E-state index contributed by atoms with van der Waals surface area (Å²) in [5, 5.41) is 0. The zero-order valence-electron chi connectivity index (χ0n) is 10.7. The molecule has 92 valence electrons. The van der Waals surface area contributed by atoms with Crippen LogP contribution in [0.4, 0.5) is 0 Å². The summed E-state index contributed by atoms with van der Waals surface area (Å²) in [6.45, 7) is 2.13. The van der Waals surface area contributed by atoms with Crippen LogP contribution < -0.4 is 0 Å². The average Bonchev–Trinajstić information content (AvgIpc) is 2.49. The Bertz CT molecular complexity index is 676. The molecular formula is C17H14N2. The molecule has 0 fully saturated rings. The smallest absolute Gasteiger partial charge is 0.0346 e. The molecule has 0 aliphatic heterocycles. The summed E-state index contributed by atoms with van der Waals surface area (Å²) < 4.78 is 0. The van der Waals surface area contributed by atoms with Crippen molar-refractivity contribution in [3.8, 4) is 22.3 Å². The van der Waals surface area contributed by atoms with Crippen LogP contribution in [0.15, 0.2) is 67.3 Å². The van der Waals surface area contributed by atoms with E-state index in [9.17, 15) is 0 Å². The van der Waals surface area contributed by atoms with Gasteiger partial charge in [-0.1, -0.05) is 18.2 Å². The van der Waals surface area contributed by atoms with Crippen molar-refractivity contribution in [3.05, 3.63) is 72.8 Å². The lowest BCUT2D eigenvalue weighted by Crippen LogP contribution is -1.86. The number of rotatable bonds is 2. The first-order valence-corrected chi connectivity index (χ1v) is 6.26. The van der Waals surface area contributed by atoms with E-state index in [4.69, 9.17) is 0 Å². The number of pyridine rings is 2. The zero-order valence-corrected chi connectivity index (χ0v) is 10.7. The number of aryl methyl sites for hydroxylation is 1. The van der Waals surface area contributed by atoms with E-state index in [1.165, 1.54) is 22.3 Å². The number of hydrogen-bond acceptors (Lipinski definition) is 2. The molecule has 0 aliphatic rings. The Morgan fingerprint density at radius 3 is 2.32 bits per heavy atom. The third-order valence-electron chi connectivity index (χ3n) is 3.22. The van der Waals surface area contributed by atoms with Gasteiger partial charge >= 0.3 is 0 Å². The van der Waals surface area contributed by atoms with E-state index in [0.717, 1.165) is 5.56 Å². The van der Waals surface area contributed by atoms with E-state index in [2.05, 4.69) is 41.2 Å². The van der Waals surface area contributed by atoms with Crippen molar-refractivity contribution < 1.29 is 0 Å². The Hall–Kier alpha value is -2.48. The summed E-state index contributed by atoms with van der Waals surface area (Å²) >= 11 is 0. The molecule has 0 bridgehead atoms. The molecule has 2 heterocycles. The molecule has 0 radical (unpaired) electrons. The molecule has 2 heteroatoms. The van der Waals surface area contributed by atoms with Crippen molar-refractivity contribution in [2.24, 2.45) is 0 Å². The van der Waals surface area contributed by atoms with E-state index >= 15 is 0 Å². The summed E-state index contributed by atoms with van der Waals surface area (Å²) in [6, 6.07) is 14.6. The van der Waals surface area contributed by atoms with Crippen LogP contribution in [0.5, 0.6) is 0 Å². The summed E-state index contributed by atoms with van der Waals surface area (Å²) in [4.78, 5) is 8.25. The second-order valence-corrected chi connectivity index (χ2v) is 4.51. The first kappa shape index (κ1) is 11.6. The van der Waals surface area contributed by atoms with Crippen LogP contribution in [0.1, 0.15) is 5.56 Å². The molecule has 0 unspecified atom stereocenters. The monoisotopic (exact) mass is 246 g/mol. The Kier molecular flexibility index (Phi) is 3.07. The molecular weight excluding hydrogens is 232 g/mol. The van der Waals surface area contributed by atoms with Gasteiger partial charge in [-0.25, -0.2) is 0 Å². The molecule has 2 nitrogen and oxygen atoms in total. The van der Waals surface area contributed by atoms with Gasteiger partial charge in [-0.05, 0) is 53.4 Å². The Labute approximate surface area is 112 Å². The second-order valence-electron chi connectivity index (χ2n) is 4.51. The average molecular weight is 246 g/mol. The largest absolute Gasteiger partial charge is 0.265 e. The first-order valence-electron chi connectivity index (χ1n) is 6.26. The SMILES string of the molecule is Cc1ccc(-c2cccnc2)cc1-c1ccncc1. The number of nitrogens with zero attached hydrogens (tertiary/aromatic N) is 2. The Balaban J connectivity index is 2.12. The van der Waals surface area contributed by atoms with Gasteiger partial charge in [0.05, 0.1) is 0 Å². The van der Waals surface area contributed by atoms with Gasteiger partial charge in [0.1, 0.15) is 0 Å². The first-order chi connectivity index (χ1) is 9.34. The molecule has 0 atom stereocenters. The van der Waals surface area contributed by atoms with Crippen molar-refractivity contribution in [2.45, 2.75) is 6.92 Å². The lowest BCUT2D eigenvalue weighted by Gasteiger charge is -2.09. The fraction of sp³-hybridized carbons (Fsp3) is 0.0588. The van der Waals surface area contributed by atoms with Crippen LogP contribution in [0.2, 0.25) is 0 Å². The van der Waals surface area contributed by atoms with Gasteiger partial charge in [0.15, 0.2) is 0 Å². The molecule has 0 saturated carbocycles. The third kappa shape index (κ3) is 2.38. The third-order valence-corrected chi connectivity index (χ3v) is 3.22. The van der Waals surface area contributed by atoms with Crippen molar-refractivity contribution in [1.29, 1.82) is 0 Å². The van der Waals surface area contributed by atoms with Crippen molar-refractivity contribution in [3.63, 3.8) is 0 Å². The molecule has 0 aliphatic carbocycles. The highest BCUT2D eigenvalue weighted by Gasteiger charge is 2.04. The molecule has 19 heavy (non-hydrogen) atoms. The molecule has 1 aromatic carbocycles. The number of aromatic nitrogens is 2. The van der Waals surface area contributed by atoms with Crippen LogP contribution in [0.25, 0.3) is 22.3 Å². The van der Waals surface area contributed by atoms with Crippen LogP contribution in [0, 0.1) is 6.92 Å². The Morgan fingerprint density at radius 1 is 0.737 bits per heavy atom. The highest BCUT2D eigenvalue weighted by molar-refractivity contribution is 5.74. The highest BCUT2D eigenvalue weighted by Crippen LogP contribution is 2.28. The van der Waals surface area contributed by atoms with Crippen LogP contribution in [-0.4, -0.2) is 9.97 Å². The summed E-state index contributed by atoms with van der Waals surface area (Å²) in [6.07, 6.45) is 7.33. The fourth-order valence-corrected chi connectivity index (χ4v) is 2.18. The zero-order chi connectivity index (χ0) is 13.1. The Morgan fingerprint density at radius 2 is 1.58 bits per heavy atom. The summed E-state index contributed by atoms with van der Waals surface area (Å²) in [7, 11) is 0. The summed E-state index contributed by atoms with van der Waals surface area (Å²) in [5.74, 6) is 0. The lowest BCUT2D eigenvalue weighted by molar-refractivity contribution is 1.32. The minimum atomic E-state index is 1.14. The normalized spacial score (nSPS) is 10.4. The predicted molar refractivity (Wildman–Crippen MR) is 77.6 cm³/mol. The predicted octanol–water partition coefficient (Wildman–Crippen LogP) is 4.12. The number of benzene rings is 1. The molecule has 0 spiro atoms. The van der Waals surface area contributed by atoms with Gasteiger partial charge in [-0.2, -0.15) is 0 Å². The maximum atomic E-state index is 4.18. The van der Waals surface area contributed by atoms with Crippen molar-refractivity contribution >= 4 is 0 Å². The molecule has 0 saturated heterocycles. The van der Waals surface area contributed by atoms with E-state index in [-0.39, 0.29) is 0 Å². The minimum Gasteiger partial charge on any atom is -0.265 e. The van der Waals surface area contributed by atoms with Crippen LogP contribution in [0.3, 0.4) is 0 Å². The van der Waals surface area contributed by atoms with Gasteiger partial charge in [0, 0.05) is 30.4 Å². The lowest BCUT2D eigenvalue weighted by atomic mass is 9.96. The maximum Gasteiger partial charge on any atom is 0.0346 e. The fourth-order valence-electron chi connectivity index (χ4n) is 2.18. The maximum absolute atomic E-state index is 4.18. The quantitative estimate of drug-likeness (QED) is 0.679.